The van der Waals surface area contributed by atoms with Crippen LogP contribution in [0.3, 0.4) is 0 Å². The van der Waals surface area contributed by atoms with Crippen LogP contribution in [0, 0.1) is 5.92 Å². The lowest BCUT2D eigenvalue weighted by atomic mass is 9.82. The number of imidazole rings is 1. The lowest BCUT2D eigenvalue weighted by Crippen LogP contribution is -2.23. The number of rotatable bonds is 7. The van der Waals surface area contributed by atoms with E-state index in [0.717, 1.165) is 72.3 Å². The Morgan fingerprint density at radius 2 is 2.03 bits per heavy atom. The zero-order valence-corrected chi connectivity index (χ0v) is 22.1. The third-order valence-corrected chi connectivity index (χ3v) is 7.76. The highest BCUT2D eigenvalue weighted by Gasteiger charge is 2.28. The Morgan fingerprint density at radius 1 is 1.18 bits per heavy atom. The van der Waals surface area contributed by atoms with Gasteiger partial charge >= 0.3 is 0 Å². The fraction of sp³-hybridized carbons (Fsp3) is 0.379. The second kappa shape index (κ2) is 10.2. The number of amides is 1. The molecule has 2 aliphatic rings. The molecule has 6 rings (SSSR count). The van der Waals surface area contributed by atoms with Crippen LogP contribution >= 0.6 is 0 Å². The van der Waals surface area contributed by atoms with Gasteiger partial charge in [-0.05, 0) is 62.0 Å². The van der Waals surface area contributed by atoms with Gasteiger partial charge < -0.3 is 20.3 Å². The van der Waals surface area contributed by atoms with Gasteiger partial charge in [0.25, 0.3) is 5.91 Å². The first-order valence-electron chi connectivity index (χ1n) is 13.2. The number of aromatic nitrogens is 4. The minimum Gasteiger partial charge on any atom is -0.381 e. The first-order chi connectivity index (χ1) is 18.5. The SMILES string of the molecule is CC(c1ccc(Nc2ccc(-c3cnc4cnccn34)c3c2C(=O)NC3)nc1CN(C)C)C1CCOCC1. The molecular formula is C29H33N7O2. The second-order valence-corrected chi connectivity index (χ2v) is 10.5. The van der Waals surface area contributed by atoms with Crippen LogP contribution in [0.1, 0.15) is 52.9 Å². The maximum Gasteiger partial charge on any atom is 0.254 e. The molecule has 9 nitrogen and oxygen atoms in total. The average molecular weight is 512 g/mol. The molecule has 196 valence electrons. The summed E-state index contributed by atoms with van der Waals surface area (Å²) < 4.78 is 7.58. The maximum atomic E-state index is 13.0. The van der Waals surface area contributed by atoms with Crippen molar-refractivity contribution < 1.29 is 9.53 Å². The smallest absolute Gasteiger partial charge is 0.254 e. The summed E-state index contributed by atoms with van der Waals surface area (Å²) in [7, 11) is 4.13. The van der Waals surface area contributed by atoms with Gasteiger partial charge in [0, 0.05) is 44.3 Å². The minimum absolute atomic E-state index is 0.0851. The van der Waals surface area contributed by atoms with Gasteiger partial charge in [-0.3, -0.25) is 14.2 Å². The van der Waals surface area contributed by atoms with Gasteiger partial charge in [-0.15, -0.1) is 0 Å². The number of anilines is 2. The van der Waals surface area contributed by atoms with Crippen LogP contribution in [-0.4, -0.2) is 57.5 Å². The van der Waals surface area contributed by atoms with Crippen molar-refractivity contribution in [2.45, 2.75) is 38.8 Å². The number of benzene rings is 1. The molecule has 38 heavy (non-hydrogen) atoms. The average Bonchev–Trinajstić information content (AvgIpc) is 3.53. The molecule has 0 radical (unpaired) electrons. The van der Waals surface area contributed by atoms with E-state index in [9.17, 15) is 4.79 Å². The van der Waals surface area contributed by atoms with E-state index < -0.39 is 0 Å². The largest absolute Gasteiger partial charge is 0.381 e. The normalized spacial score (nSPS) is 16.6. The van der Waals surface area contributed by atoms with E-state index in [0.29, 0.717) is 23.9 Å². The molecule has 5 heterocycles. The van der Waals surface area contributed by atoms with E-state index in [4.69, 9.17) is 9.72 Å². The van der Waals surface area contributed by atoms with Crippen LogP contribution in [0.25, 0.3) is 16.9 Å². The predicted molar refractivity (Wildman–Crippen MR) is 146 cm³/mol. The Labute approximate surface area is 222 Å². The number of carbonyl (C=O) groups excluding carboxylic acids is 1. The molecule has 4 aromatic rings. The molecule has 0 bridgehead atoms. The van der Waals surface area contributed by atoms with Gasteiger partial charge in [0.05, 0.1) is 35.0 Å². The quantitative estimate of drug-likeness (QED) is 0.380. The monoisotopic (exact) mass is 511 g/mol. The summed E-state index contributed by atoms with van der Waals surface area (Å²) in [6, 6.07) is 8.25. The molecule has 3 aromatic heterocycles. The zero-order chi connectivity index (χ0) is 26.2. The molecular weight excluding hydrogens is 478 g/mol. The number of nitrogens with zero attached hydrogens (tertiary/aromatic N) is 5. The van der Waals surface area contributed by atoms with Gasteiger partial charge in [-0.1, -0.05) is 19.1 Å². The molecule has 1 saturated heterocycles. The Morgan fingerprint density at radius 3 is 2.84 bits per heavy atom. The van der Waals surface area contributed by atoms with Crippen LogP contribution in [0.4, 0.5) is 11.5 Å². The van der Waals surface area contributed by atoms with Crippen LogP contribution < -0.4 is 10.6 Å². The number of pyridine rings is 1. The van der Waals surface area contributed by atoms with Crippen LogP contribution in [0.2, 0.25) is 0 Å². The molecule has 2 aliphatic heterocycles. The summed E-state index contributed by atoms with van der Waals surface area (Å²) in [5, 5.41) is 6.46. The van der Waals surface area contributed by atoms with Crippen LogP contribution in [0.15, 0.2) is 49.1 Å². The number of carbonyl (C=O) groups is 1. The maximum absolute atomic E-state index is 13.0. The molecule has 2 N–H and O–H groups in total. The van der Waals surface area contributed by atoms with Gasteiger partial charge in [0.15, 0.2) is 5.65 Å². The number of ether oxygens (including phenoxy) is 1. The Bertz CT molecular complexity index is 1490. The van der Waals surface area contributed by atoms with Crippen molar-refractivity contribution >= 4 is 23.1 Å². The molecule has 0 saturated carbocycles. The van der Waals surface area contributed by atoms with Crippen molar-refractivity contribution in [2.75, 3.05) is 32.6 Å². The molecule has 1 atom stereocenters. The summed E-state index contributed by atoms with van der Waals surface area (Å²) in [6.45, 7) is 5.20. The third kappa shape index (κ3) is 4.52. The summed E-state index contributed by atoms with van der Waals surface area (Å²) in [5.41, 5.74) is 7.39. The highest BCUT2D eigenvalue weighted by Crippen LogP contribution is 2.37. The van der Waals surface area contributed by atoms with Crippen LogP contribution in [0.5, 0.6) is 0 Å². The van der Waals surface area contributed by atoms with E-state index in [1.807, 2.05) is 35.0 Å². The van der Waals surface area contributed by atoms with E-state index >= 15 is 0 Å². The molecule has 1 fully saturated rings. The van der Waals surface area contributed by atoms with E-state index in [1.54, 1.807) is 12.4 Å². The molecule has 1 unspecified atom stereocenters. The van der Waals surface area contributed by atoms with Crippen molar-refractivity contribution in [3.63, 3.8) is 0 Å². The molecule has 1 amide bonds. The molecule has 1 aromatic carbocycles. The Kier molecular flexibility index (Phi) is 6.55. The lowest BCUT2D eigenvalue weighted by Gasteiger charge is -2.29. The van der Waals surface area contributed by atoms with Crippen molar-refractivity contribution in [3.05, 3.63) is 71.4 Å². The van der Waals surface area contributed by atoms with Crippen molar-refractivity contribution in [1.82, 2.24) is 29.6 Å². The topological polar surface area (TPSA) is 96.7 Å². The number of hydrogen-bond acceptors (Lipinski definition) is 7. The molecule has 0 spiro atoms. The van der Waals surface area contributed by atoms with E-state index in [1.165, 1.54) is 5.56 Å². The predicted octanol–water partition coefficient (Wildman–Crippen LogP) is 4.37. The third-order valence-electron chi connectivity index (χ3n) is 7.76. The fourth-order valence-corrected chi connectivity index (χ4v) is 5.76. The molecule has 9 heteroatoms. The van der Waals surface area contributed by atoms with Gasteiger partial charge in [0.2, 0.25) is 0 Å². The van der Waals surface area contributed by atoms with Gasteiger partial charge in [-0.2, -0.15) is 0 Å². The summed E-state index contributed by atoms with van der Waals surface area (Å²) >= 11 is 0. The lowest BCUT2D eigenvalue weighted by molar-refractivity contribution is 0.0594. The molecule has 0 aliphatic carbocycles. The first kappa shape index (κ1) is 24.5. The van der Waals surface area contributed by atoms with Crippen LogP contribution in [-0.2, 0) is 17.8 Å². The zero-order valence-electron chi connectivity index (χ0n) is 22.1. The first-order valence-corrected chi connectivity index (χ1v) is 13.2. The van der Waals surface area contributed by atoms with E-state index in [-0.39, 0.29) is 5.91 Å². The summed E-state index contributed by atoms with van der Waals surface area (Å²) in [5.74, 6) is 1.66. The number of nitrogens with one attached hydrogen (secondary N) is 2. The number of hydrogen-bond donors (Lipinski definition) is 2. The second-order valence-electron chi connectivity index (χ2n) is 10.5. The summed E-state index contributed by atoms with van der Waals surface area (Å²) in [6.07, 6.45) is 9.35. The van der Waals surface area contributed by atoms with Crippen molar-refractivity contribution in [2.24, 2.45) is 5.92 Å². The fourth-order valence-electron chi connectivity index (χ4n) is 5.76. The van der Waals surface area contributed by atoms with Crippen molar-refractivity contribution in [3.8, 4) is 11.3 Å². The Hall–Kier alpha value is -3.82. The minimum atomic E-state index is -0.0851. The Balaban J connectivity index is 1.35. The van der Waals surface area contributed by atoms with Gasteiger partial charge in [-0.25, -0.2) is 9.97 Å². The highest BCUT2D eigenvalue weighted by molar-refractivity contribution is 6.06. The number of fused-ring (bicyclic) bond motifs is 2. The van der Waals surface area contributed by atoms with E-state index in [2.05, 4.69) is 52.6 Å². The standard InChI is InChI=1S/C29H33N7O2/c1-18(19-8-12-38-13-9-19)20-5-7-26(34-24(20)17-35(2)3)33-23-6-4-21(22-14-32-29(37)28(22)23)25-15-31-27-16-30-10-11-36(25)27/h4-7,10-11,15-16,18-19H,8-9,12-14,17H2,1-3H3,(H,32,37)(H,33,34). The summed E-state index contributed by atoms with van der Waals surface area (Å²) in [4.78, 5) is 28.8. The van der Waals surface area contributed by atoms with Gasteiger partial charge in [0.1, 0.15) is 5.82 Å². The highest BCUT2D eigenvalue weighted by atomic mass is 16.5. The van der Waals surface area contributed by atoms with Crippen molar-refractivity contribution in [1.29, 1.82) is 0 Å².